The van der Waals surface area contributed by atoms with Crippen LogP contribution in [-0.2, 0) is 16.2 Å². The molecule has 0 aliphatic heterocycles. The standard InChI is InChI=1S/C16H12Cl4N2O2/c17-12-3-1-10(7-14(12)19)9-24-21-6-5-16(23)22-11-2-4-13(18)15(20)8-11/h1-4,6-8H,5,9H2,(H,22,23)/b21-6+. The predicted octanol–water partition coefficient (Wildman–Crippen LogP) is 5.83. The largest absolute Gasteiger partial charge is 0.391 e. The summed E-state index contributed by atoms with van der Waals surface area (Å²) in [4.78, 5) is 16.9. The van der Waals surface area contributed by atoms with E-state index in [0.29, 0.717) is 25.8 Å². The van der Waals surface area contributed by atoms with Gasteiger partial charge in [0.05, 0.1) is 32.7 Å². The molecule has 2 rings (SSSR count). The summed E-state index contributed by atoms with van der Waals surface area (Å²) in [5.74, 6) is -0.254. The molecular weight excluding hydrogens is 394 g/mol. The summed E-state index contributed by atoms with van der Waals surface area (Å²) in [7, 11) is 0. The van der Waals surface area contributed by atoms with Crippen LogP contribution in [-0.4, -0.2) is 12.1 Å². The molecule has 0 saturated heterocycles. The highest BCUT2D eigenvalue weighted by Gasteiger charge is 2.04. The summed E-state index contributed by atoms with van der Waals surface area (Å²) in [6.45, 7) is 0.224. The molecule has 0 spiro atoms. The van der Waals surface area contributed by atoms with Gasteiger partial charge in [-0.2, -0.15) is 0 Å². The average molecular weight is 406 g/mol. The maximum atomic E-state index is 11.8. The Morgan fingerprint density at radius 1 is 1.00 bits per heavy atom. The number of halogens is 4. The quantitative estimate of drug-likeness (QED) is 0.485. The van der Waals surface area contributed by atoms with Crippen LogP contribution in [0.2, 0.25) is 20.1 Å². The zero-order valence-electron chi connectivity index (χ0n) is 12.2. The smallest absolute Gasteiger partial charge is 0.229 e. The first kappa shape index (κ1) is 18.9. The van der Waals surface area contributed by atoms with Gasteiger partial charge in [0.25, 0.3) is 0 Å². The van der Waals surface area contributed by atoms with Gasteiger partial charge >= 0.3 is 0 Å². The van der Waals surface area contributed by atoms with E-state index in [2.05, 4.69) is 10.5 Å². The molecule has 0 bridgehead atoms. The molecule has 0 fully saturated rings. The third kappa shape index (κ3) is 5.87. The van der Waals surface area contributed by atoms with Gasteiger partial charge in [-0.05, 0) is 35.9 Å². The summed E-state index contributed by atoms with van der Waals surface area (Å²) in [5, 5.41) is 8.11. The zero-order chi connectivity index (χ0) is 17.5. The average Bonchev–Trinajstić information content (AvgIpc) is 2.54. The molecule has 2 aromatic carbocycles. The second-order valence-electron chi connectivity index (χ2n) is 4.69. The maximum absolute atomic E-state index is 11.8. The molecule has 1 amide bonds. The number of rotatable bonds is 6. The van der Waals surface area contributed by atoms with Gasteiger partial charge in [-0.15, -0.1) is 0 Å². The SMILES string of the molecule is O=C(C/C=N/OCc1ccc(Cl)c(Cl)c1)Nc1ccc(Cl)c(Cl)c1. The summed E-state index contributed by atoms with van der Waals surface area (Å²) >= 11 is 23.4. The number of anilines is 1. The van der Waals surface area contributed by atoms with Crippen molar-refractivity contribution in [3.05, 3.63) is 62.1 Å². The van der Waals surface area contributed by atoms with E-state index in [1.54, 1.807) is 36.4 Å². The van der Waals surface area contributed by atoms with Gasteiger partial charge in [0.15, 0.2) is 0 Å². The molecule has 24 heavy (non-hydrogen) atoms. The Hall–Kier alpha value is -1.46. The Bertz CT molecular complexity index is 766. The van der Waals surface area contributed by atoms with E-state index in [1.807, 2.05) is 0 Å². The summed E-state index contributed by atoms with van der Waals surface area (Å²) in [6.07, 6.45) is 1.42. The van der Waals surface area contributed by atoms with Gasteiger partial charge < -0.3 is 10.2 Å². The van der Waals surface area contributed by atoms with Crippen molar-refractivity contribution in [1.82, 2.24) is 0 Å². The van der Waals surface area contributed by atoms with Crippen molar-refractivity contribution in [1.29, 1.82) is 0 Å². The lowest BCUT2D eigenvalue weighted by Gasteiger charge is -2.04. The minimum absolute atomic E-state index is 0.0572. The molecule has 0 atom stereocenters. The van der Waals surface area contributed by atoms with E-state index in [4.69, 9.17) is 51.2 Å². The van der Waals surface area contributed by atoms with E-state index >= 15 is 0 Å². The molecule has 0 aromatic heterocycles. The summed E-state index contributed by atoms with van der Waals surface area (Å²) in [6, 6.07) is 9.98. The lowest BCUT2D eigenvalue weighted by molar-refractivity contribution is -0.115. The molecule has 2 aromatic rings. The molecule has 126 valence electrons. The Morgan fingerprint density at radius 2 is 1.67 bits per heavy atom. The Labute approximate surface area is 159 Å². The van der Waals surface area contributed by atoms with Crippen molar-refractivity contribution in [2.24, 2.45) is 5.16 Å². The fraction of sp³-hybridized carbons (Fsp3) is 0.125. The maximum Gasteiger partial charge on any atom is 0.229 e. The van der Waals surface area contributed by atoms with E-state index in [0.717, 1.165) is 5.56 Å². The first-order chi connectivity index (χ1) is 11.5. The third-order valence-electron chi connectivity index (χ3n) is 2.84. The van der Waals surface area contributed by atoms with Crippen LogP contribution in [0.4, 0.5) is 5.69 Å². The number of oxime groups is 1. The number of amides is 1. The number of carbonyl (C=O) groups excluding carboxylic acids is 1. The Morgan fingerprint density at radius 3 is 2.33 bits per heavy atom. The van der Waals surface area contributed by atoms with Crippen LogP contribution in [0.5, 0.6) is 0 Å². The molecule has 0 aliphatic rings. The van der Waals surface area contributed by atoms with Gasteiger partial charge in [-0.25, -0.2) is 0 Å². The van der Waals surface area contributed by atoms with Crippen LogP contribution < -0.4 is 5.32 Å². The van der Waals surface area contributed by atoms with Gasteiger partial charge in [0.1, 0.15) is 6.61 Å². The highest BCUT2D eigenvalue weighted by Crippen LogP contribution is 2.25. The topological polar surface area (TPSA) is 50.7 Å². The molecule has 0 unspecified atom stereocenters. The molecule has 0 saturated carbocycles. The molecule has 4 nitrogen and oxygen atoms in total. The van der Waals surface area contributed by atoms with E-state index in [1.165, 1.54) is 6.21 Å². The third-order valence-corrected chi connectivity index (χ3v) is 4.32. The highest BCUT2D eigenvalue weighted by atomic mass is 35.5. The highest BCUT2D eigenvalue weighted by molar-refractivity contribution is 6.42. The van der Waals surface area contributed by atoms with Gasteiger partial charge in [-0.3, -0.25) is 4.79 Å². The number of nitrogens with zero attached hydrogens (tertiary/aromatic N) is 1. The molecule has 0 radical (unpaired) electrons. The summed E-state index contributed by atoms with van der Waals surface area (Å²) in [5.41, 5.74) is 1.38. The van der Waals surface area contributed by atoms with Crippen molar-refractivity contribution >= 4 is 64.2 Å². The van der Waals surface area contributed by atoms with Gasteiger partial charge in [0.2, 0.25) is 5.91 Å². The second-order valence-corrected chi connectivity index (χ2v) is 6.32. The van der Waals surface area contributed by atoms with Crippen LogP contribution in [0.25, 0.3) is 0 Å². The van der Waals surface area contributed by atoms with Gasteiger partial charge in [-0.1, -0.05) is 57.6 Å². The second kappa shape index (κ2) is 9.14. The molecule has 0 heterocycles. The lowest BCUT2D eigenvalue weighted by atomic mass is 10.2. The van der Waals surface area contributed by atoms with E-state index in [-0.39, 0.29) is 18.9 Å². The van der Waals surface area contributed by atoms with Crippen molar-refractivity contribution in [3.8, 4) is 0 Å². The number of carbonyl (C=O) groups is 1. The van der Waals surface area contributed by atoms with E-state index < -0.39 is 0 Å². The van der Waals surface area contributed by atoms with E-state index in [9.17, 15) is 4.79 Å². The number of hydrogen-bond acceptors (Lipinski definition) is 3. The van der Waals surface area contributed by atoms with Crippen molar-refractivity contribution in [3.63, 3.8) is 0 Å². The van der Waals surface area contributed by atoms with Crippen molar-refractivity contribution in [2.45, 2.75) is 13.0 Å². The molecule has 8 heteroatoms. The normalized spacial score (nSPS) is 10.8. The van der Waals surface area contributed by atoms with Gasteiger partial charge in [0, 0.05) is 5.69 Å². The predicted molar refractivity (Wildman–Crippen MR) is 99.5 cm³/mol. The number of hydrogen-bond donors (Lipinski definition) is 1. The van der Waals surface area contributed by atoms with Crippen molar-refractivity contribution in [2.75, 3.05) is 5.32 Å². The number of benzene rings is 2. The van der Waals surface area contributed by atoms with Crippen LogP contribution in [0.1, 0.15) is 12.0 Å². The van der Waals surface area contributed by atoms with Crippen LogP contribution >= 0.6 is 46.4 Å². The molecule has 1 N–H and O–H groups in total. The zero-order valence-corrected chi connectivity index (χ0v) is 15.3. The molecular formula is C16H12Cl4N2O2. The first-order valence-corrected chi connectivity index (χ1v) is 8.29. The Kier molecular flexibility index (Phi) is 7.18. The Balaban J connectivity index is 1.75. The monoisotopic (exact) mass is 404 g/mol. The lowest BCUT2D eigenvalue weighted by Crippen LogP contribution is -2.11. The summed E-state index contributed by atoms with van der Waals surface area (Å²) < 4.78 is 0. The molecule has 0 aliphatic carbocycles. The van der Waals surface area contributed by atoms with Crippen LogP contribution in [0.3, 0.4) is 0 Å². The van der Waals surface area contributed by atoms with Crippen LogP contribution in [0, 0.1) is 0 Å². The fourth-order valence-electron chi connectivity index (χ4n) is 1.70. The fourth-order valence-corrected chi connectivity index (χ4v) is 2.32. The van der Waals surface area contributed by atoms with Crippen molar-refractivity contribution < 1.29 is 9.63 Å². The van der Waals surface area contributed by atoms with Crippen LogP contribution in [0.15, 0.2) is 41.6 Å². The number of nitrogens with one attached hydrogen (secondary N) is 1. The first-order valence-electron chi connectivity index (χ1n) is 6.78. The minimum atomic E-state index is -0.254. The minimum Gasteiger partial charge on any atom is -0.391 e.